The molecule has 64 heavy (non-hydrogen) atoms. The van der Waals surface area contributed by atoms with Crippen molar-refractivity contribution in [3.63, 3.8) is 0 Å². The summed E-state index contributed by atoms with van der Waals surface area (Å²) < 4.78 is 46.8. The number of aromatic hydroxyl groups is 1. The number of primary amides is 1. The molecule has 6 N–H and O–H groups in total. The van der Waals surface area contributed by atoms with Crippen molar-refractivity contribution < 1.29 is 37.0 Å². The molecule has 1 aliphatic rings. The predicted octanol–water partition coefficient (Wildman–Crippen LogP) is 9.22. The SMILES string of the molecule is COc1cccc(Nc2c(C(N)=O)cnc3c(C)cc(S(=O)(=O)c4cccc(-c5ccc(CCCNCC(O[Si](C)(C)C(C)(C)C)c6ccc(O)c7c6OCC(=O)N7)cc5)c4)cc23)c1. The van der Waals surface area contributed by atoms with Crippen molar-refractivity contribution in [2.45, 2.75) is 74.6 Å². The molecule has 5 aromatic carbocycles. The first-order valence-electron chi connectivity index (χ1n) is 21.1. The van der Waals surface area contributed by atoms with Crippen LogP contribution in [0.3, 0.4) is 0 Å². The number of hydrogen-bond acceptors (Lipinski definition) is 11. The summed E-state index contributed by atoms with van der Waals surface area (Å²) >= 11 is 0. The lowest BCUT2D eigenvalue weighted by molar-refractivity contribution is -0.118. The van der Waals surface area contributed by atoms with Crippen molar-refractivity contribution >= 4 is 57.9 Å². The molecule has 1 unspecified atom stereocenters. The van der Waals surface area contributed by atoms with E-state index >= 15 is 0 Å². The number of nitrogens with one attached hydrogen (secondary N) is 3. The first kappa shape index (κ1) is 45.8. The number of phenols is 1. The zero-order valence-electron chi connectivity index (χ0n) is 37.2. The Labute approximate surface area is 375 Å². The summed E-state index contributed by atoms with van der Waals surface area (Å²) in [6, 6.07) is 28.6. The van der Waals surface area contributed by atoms with Crippen LogP contribution in [0, 0.1) is 6.92 Å². The van der Waals surface area contributed by atoms with E-state index < -0.39 is 24.1 Å². The normalized spacial score (nSPS) is 13.5. The lowest BCUT2D eigenvalue weighted by atomic mass is 10.0. The van der Waals surface area contributed by atoms with Crippen LogP contribution in [0.25, 0.3) is 22.0 Å². The maximum atomic E-state index is 14.3. The average Bonchev–Trinajstić information content (AvgIpc) is 3.26. The summed E-state index contributed by atoms with van der Waals surface area (Å²) in [7, 11) is -4.72. The maximum absolute atomic E-state index is 14.3. The fraction of sp³-hybridized carbons (Fsp3) is 0.286. The number of nitrogens with zero attached hydrogens (tertiary/aromatic N) is 1. The van der Waals surface area contributed by atoms with Crippen molar-refractivity contribution in [1.29, 1.82) is 0 Å². The van der Waals surface area contributed by atoms with Crippen LogP contribution in [-0.2, 0) is 25.5 Å². The minimum absolute atomic E-state index is 0.0479. The Kier molecular flexibility index (Phi) is 13.2. The van der Waals surface area contributed by atoms with Crippen LogP contribution >= 0.6 is 0 Å². The van der Waals surface area contributed by atoms with Gasteiger partial charge in [0.15, 0.2) is 20.7 Å². The van der Waals surface area contributed by atoms with Crippen molar-refractivity contribution in [3.05, 3.63) is 126 Å². The van der Waals surface area contributed by atoms with Crippen LogP contribution in [0.15, 0.2) is 113 Å². The second-order valence-electron chi connectivity index (χ2n) is 17.5. The fourth-order valence-electron chi connectivity index (χ4n) is 7.44. The highest BCUT2D eigenvalue weighted by Gasteiger charge is 2.40. The monoisotopic (exact) mass is 901 g/mol. The Morgan fingerprint density at radius 1 is 0.984 bits per heavy atom. The molecular weight excluding hydrogens is 847 g/mol. The number of aromatic nitrogens is 1. The molecule has 0 fully saturated rings. The van der Waals surface area contributed by atoms with Crippen LogP contribution in [0.1, 0.15) is 60.3 Å². The number of benzene rings is 5. The van der Waals surface area contributed by atoms with Gasteiger partial charge in [-0.25, -0.2) is 8.42 Å². The van der Waals surface area contributed by atoms with Gasteiger partial charge in [0.05, 0.1) is 39.8 Å². The number of fused-ring (bicyclic) bond motifs is 2. The summed E-state index contributed by atoms with van der Waals surface area (Å²) in [6.45, 7) is 13.8. The van der Waals surface area contributed by atoms with Gasteiger partial charge >= 0.3 is 0 Å². The van der Waals surface area contributed by atoms with E-state index in [9.17, 15) is 23.1 Å². The number of sulfone groups is 1. The molecule has 15 heteroatoms. The minimum atomic E-state index is -4.03. The fourth-order valence-corrected chi connectivity index (χ4v) is 10.1. The molecule has 1 atom stereocenters. The van der Waals surface area contributed by atoms with E-state index in [2.05, 4.69) is 66.9 Å². The van der Waals surface area contributed by atoms with E-state index in [1.54, 1.807) is 74.7 Å². The number of carbonyl (C=O) groups excluding carboxylic acids is 2. The standard InChI is InChI=1S/C49H55N5O8SSi/c1-30-23-37(26-39-44(30)52-27-40(48(50)57)45(39)53-34-13-9-14-35(25-34)60-5)63(58,59)36-15-8-12-33(24-36)32-18-16-31(17-19-32)11-10-22-51-28-42(62-64(6,7)49(2,3)4)38-20-21-41(55)46-47(38)61-29-43(56)54-46/h8-9,12-21,23-27,42,51,55H,10-11,22,28-29H2,1-7H3,(H2,50,57)(H,52,53)(H,54,56). The summed E-state index contributed by atoms with van der Waals surface area (Å²) in [4.78, 5) is 29.3. The number of hydrogen-bond donors (Lipinski definition) is 5. The molecule has 0 bridgehead atoms. The highest BCUT2D eigenvalue weighted by molar-refractivity contribution is 7.91. The Morgan fingerprint density at radius 3 is 2.45 bits per heavy atom. The zero-order valence-corrected chi connectivity index (χ0v) is 39.0. The van der Waals surface area contributed by atoms with Crippen LogP contribution < -0.4 is 31.2 Å². The van der Waals surface area contributed by atoms with Gasteiger partial charge in [0, 0.05) is 35.4 Å². The van der Waals surface area contributed by atoms with Crippen molar-refractivity contribution in [1.82, 2.24) is 10.3 Å². The van der Waals surface area contributed by atoms with Crippen LogP contribution in [-0.4, -0.2) is 65.4 Å². The summed E-state index contributed by atoms with van der Waals surface area (Å²) in [5.41, 5.74) is 11.8. The number of nitrogens with two attached hydrogens (primary N) is 1. The number of anilines is 3. The summed E-state index contributed by atoms with van der Waals surface area (Å²) in [5, 5.41) is 20.4. The number of amides is 2. The maximum Gasteiger partial charge on any atom is 0.262 e. The minimum Gasteiger partial charge on any atom is -0.506 e. The Morgan fingerprint density at radius 2 is 1.73 bits per heavy atom. The van der Waals surface area contributed by atoms with Gasteiger partial charge in [0.2, 0.25) is 9.84 Å². The van der Waals surface area contributed by atoms with Gasteiger partial charge in [-0.3, -0.25) is 14.6 Å². The molecule has 0 aliphatic carbocycles. The number of phenolic OH excluding ortho intramolecular Hbond substituents is 1. The van der Waals surface area contributed by atoms with E-state index in [1.807, 2.05) is 18.2 Å². The number of rotatable bonds is 16. The molecule has 0 spiro atoms. The third-order valence-corrected chi connectivity index (χ3v) is 18.2. The smallest absolute Gasteiger partial charge is 0.262 e. The average molecular weight is 902 g/mol. The third kappa shape index (κ3) is 9.77. The molecule has 1 aromatic heterocycles. The van der Waals surface area contributed by atoms with Gasteiger partial charge in [-0.05, 0) is 115 Å². The van der Waals surface area contributed by atoms with Gasteiger partial charge in [-0.15, -0.1) is 0 Å². The van der Waals surface area contributed by atoms with Crippen LogP contribution in [0.4, 0.5) is 17.1 Å². The predicted molar refractivity (Wildman–Crippen MR) is 253 cm³/mol. The van der Waals surface area contributed by atoms with E-state index in [-0.39, 0.29) is 50.4 Å². The molecule has 2 amide bonds. The van der Waals surface area contributed by atoms with Crippen molar-refractivity contribution in [3.8, 4) is 28.4 Å². The molecule has 0 saturated carbocycles. The molecule has 0 saturated heterocycles. The number of ether oxygens (including phenoxy) is 2. The molecule has 7 rings (SSSR count). The van der Waals surface area contributed by atoms with Crippen LogP contribution in [0.2, 0.25) is 18.1 Å². The molecule has 334 valence electrons. The largest absolute Gasteiger partial charge is 0.506 e. The molecule has 6 aromatic rings. The summed E-state index contributed by atoms with van der Waals surface area (Å²) in [6.07, 6.45) is 2.67. The van der Waals surface area contributed by atoms with Gasteiger partial charge in [-0.1, -0.05) is 63.2 Å². The van der Waals surface area contributed by atoms with E-state index in [1.165, 1.54) is 12.3 Å². The first-order chi connectivity index (χ1) is 30.4. The number of carbonyl (C=O) groups is 2. The lowest BCUT2D eigenvalue weighted by Crippen LogP contribution is -2.43. The molecular formula is C49H55N5O8SSi. The number of methoxy groups -OCH3 is 1. The molecule has 1 aliphatic heterocycles. The van der Waals surface area contributed by atoms with Gasteiger partial charge < -0.3 is 40.7 Å². The molecule has 13 nitrogen and oxygen atoms in total. The highest BCUT2D eigenvalue weighted by atomic mass is 32.2. The number of aryl methyl sites for hydroxylation is 2. The van der Waals surface area contributed by atoms with Crippen LogP contribution in [0.5, 0.6) is 17.2 Å². The van der Waals surface area contributed by atoms with Gasteiger partial charge in [-0.2, -0.15) is 0 Å². The zero-order chi connectivity index (χ0) is 46.0. The Hall–Kier alpha value is -6.26. The van der Waals surface area contributed by atoms with E-state index in [0.29, 0.717) is 52.4 Å². The van der Waals surface area contributed by atoms with E-state index in [4.69, 9.17) is 19.6 Å². The van der Waals surface area contributed by atoms with Crippen molar-refractivity contribution in [2.75, 3.05) is 37.4 Å². The second kappa shape index (κ2) is 18.5. The Balaban J connectivity index is 1.05. The first-order valence-corrected chi connectivity index (χ1v) is 25.5. The second-order valence-corrected chi connectivity index (χ2v) is 24.2. The molecule has 0 radical (unpaired) electrons. The quantitative estimate of drug-likeness (QED) is 0.0354. The lowest BCUT2D eigenvalue weighted by Gasteiger charge is -2.40. The van der Waals surface area contributed by atoms with E-state index in [0.717, 1.165) is 35.1 Å². The van der Waals surface area contributed by atoms with Gasteiger partial charge in [0.25, 0.3) is 11.8 Å². The van der Waals surface area contributed by atoms with Crippen molar-refractivity contribution in [2.24, 2.45) is 5.73 Å². The van der Waals surface area contributed by atoms with Gasteiger partial charge in [0.1, 0.15) is 17.2 Å². The number of pyridine rings is 1. The third-order valence-electron chi connectivity index (χ3n) is 12.0. The molecule has 2 heterocycles. The Bertz CT molecular complexity index is 2840. The highest BCUT2D eigenvalue weighted by Crippen LogP contribution is 2.46. The summed E-state index contributed by atoms with van der Waals surface area (Å²) in [5.74, 6) is -0.0587. The topological polar surface area (TPSA) is 191 Å².